The number of fused-ring (bicyclic) bond motifs is 1. The normalized spacial score (nSPS) is 18.9. The standard InChI is InChI=1S/C10H11NO5/c1-4(2)6-9(12)11-5-3-15-8(10(13)14)7(5)16-6/h3-4,6H,1-2H3,(H,11,12)(H,13,14). The van der Waals surface area contributed by atoms with Gasteiger partial charge in [-0.25, -0.2) is 4.79 Å². The first kappa shape index (κ1) is 10.5. The van der Waals surface area contributed by atoms with E-state index in [1.54, 1.807) is 0 Å². The van der Waals surface area contributed by atoms with Crippen molar-refractivity contribution in [2.75, 3.05) is 5.32 Å². The maximum atomic E-state index is 11.6. The van der Waals surface area contributed by atoms with Gasteiger partial charge in [-0.3, -0.25) is 4.79 Å². The largest absolute Gasteiger partial charge is 0.475 e. The summed E-state index contributed by atoms with van der Waals surface area (Å²) in [6.07, 6.45) is 0.468. The second-order valence-corrected chi connectivity index (χ2v) is 3.88. The van der Waals surface area contributed by atoms with Crippen molar-refractivity contribution in [3.63, 3.8) is 0 Å². The average molecular weight is 225 g/mol. The van der Waals surface area contributed by atoms with Gasteiger partial charge in [0, 0.05) is 0 Å². The number of furan rings is 1. The molecule has 1 aliphatic heterocycles. The number of carbonyl (C=O) groups excluding carboxylic acids is 1. The van der Waals surface area contributed by atoms with E-state index >= 15 is 0 Å². The van der Waals surface area contributed by atoms with Crippen LogP contribution in [0.2, 0.25) is 0 Å². The van der Waals surface area contributed by atoms with Crippen molar-refractivity contribution in [1.82, 2.24) is 0 Å². The molecular formula is C10H11NO5. The third kappa shape index (κ3) is 1.52. The highest BCUT2D eigenvalue weighted by Gasteiger charge is 2.35. The summed E-state index contributed by atoms with van der Waals surface area (Å²) in [5.41, 5.74) is 0.263. The van der Waals surface area contributed by atoms with Crippen molar-refractivity contribution in [2.24, 2.45) is 5.92 Å². The molecule has 0 saturated heterocycles. The number of hydrogen-bond acceptors (Lipinski definition) is 4. The SMILES string of the molecule is CC(C)C1Oc2c(coc2C(=O)O)NC1=O. The van der Waals surface area contributed by atoms with Gasteiger partial charge in [-0.05, 0) is 5.92 Å². The number of carbonyl (C=O) groups is 2. The fourth-order valence-corrected chi connectivity index (χ4v) is 1.52. The first-order chi connectivity index (χ1) is 7.50. The fraction of sp³-hybridized carbons (Fsp3) is 0.400. The van der Waals surface area contributed by atoms with E-state index in [1.807, 2.05) is 13.8 Å². The van der Waals surface area contributed by atoms with Gasteiger partial charge in [0.25, 0.3) is 11.7 Å². The summed E-state index contributed by atoms with van der Waals surface area (Å²) in [5, 5.41) is 11.4. The first-order valence-corrected chi connectivity index (χ1v) is 4.83. The van der Waals surface area contributed by atoms with Gasteiger partial charge in [0.15, 0.2) is 11.9 Å². The van der Waals surface area contributed by atoms with E-state index in [9.17, 15) is 9.59 Å². The lowest BCUT2D eigenvalue weighted by molar-refractivity contribution is -0.125. The van der Waals surface area contributed by atoms with Crippen molar-refractivity contribution in [3.05, 3.63) is 12.0 Å². The molecular weight excluding hydrogens is 214 g/mol. The maximum Gasteiger partial charge on any atom is 0.375 e. The number of nitrogens with one attached hydrogen (secondary N) is 1. The van der Waals surface area contributed by atoms with Crippen LogP contribution in [0.1, 0.15) is 24.4 Å². The second-order valence-electron chi connectivity index (χ2n) is 3.88. The lowest BCUT2D eigenvalue weighted by atomic mass is 10.1. The van der Waals surface area contributed by atoms with Crippen LogP contribution in [0, 0.1) is 5.92 Å². The van der Waals surface area contributed by atoms with Gasteiger partial charge < -0.3 is 19.6 Å². The minimum Gasteiger partial charge on any atom is -0.475 e. The molecule has 2 heterocycles. The Balaban J connectivity index is 2.39. The highest BCUT2D eigenvalue weighted by molar-refractivity contribution is 6.01. The summed E-state index contributed by atoms with van der Waals surface area (Å²) in [6.45, 7) is 3.63. The van der Waals surface area contributed by atoms with E-state index in [0.717, 1.165) is 6.26 Å². The van der Waals surface area contributed by atoms with Gasteiger partial charge in [-0.2, -0.15) is 0 Å². The third-order valence-electron chi connectivity index (χ3n) is 2.31. The van der Waals surface area contributed by atoms with Gasteiger partial charge in [-0.1, -0.05) is 13.8 Å². The molecule has 0 radical (unpaired) electrons. The minimum atomic E-state index is -1.22. The molecule has 1 amide bonds. The number of carboxylic acid groups (broad SMARTS) is 1. The number of amides is 1. The van der Waals surface area contributed by atoms with Gasteiger partial charge in [0.1, 0.15) is 12.0 Å². The summed E-state index contributed by atoms with van der Waals surface area (Å²) >= 11 is 0. The van der Waals surface area contributed by atoms with E-state index in [2.05, 4.69) is 5.32 Å². The van der Waals surface area contributed by atoms with Crippen molar-refractivity contribution < 1.29 is 23.8 Å². The molecule has 0 bridgehead atoms. The highest BCUT2D eigenvalue weighted by Crippen LogP contribution is 2.36. The molecule has 1 aromatic rings. The number of ether oxygens (including phenoxy) is 1. The third-order valence-corrected chi connectivity index (χ3v) is 2.31. The van der Waals surface area contributed by atoms with Crippen molar-refractivity contribution in [1.29, 1.82) is 0 Å². The molecule has 0 spiro atoms. The van der Waals surface area contributed by atoms with E-state index in [-0.39, 0.29) is 29.0 Å². The molecule has 0 aliphatic carbocycles. The Labute approximate surface area is 91.2 Å². The van der Waals surface area contributed by atoms with E-state index in [1.165, 1.54) is 0 Å². The van der Waals surface area contributed by atoms with Crippen LogP contribution in [0.3, 0.4) is 0 Å². The Kier molecular flexibility index (Phi) is 2.34. The van der Waals surface area contributed by atoms with Crippen LogP contribution in [0.4, 0.5) is 5.69 Å². The predicted octanol–water partition coefficient (Wildman–Crippen LogP) is 1.33. The minimum absolute atomic E-state index is 0.0512. The van der Waals surface area contributed by atoms with Gasteiger partial charge >= 0.3 is 5.97 Å². The Bertz CT molecular complexity index is 448. The number of aromatic carboxylic acids is 1. The molecule has 2 N–H and O–H groups in total. The molecule has 6 heteroatoms. The Morgan fingerprint density at radius 3 is 2.81 bits per heavy atom. The molecule has 0 fully saturated rings. The summed E-state index contributed by atoms with van der Waals surface area (Å²) in [7, 11) is 0. The molecule has 86 valence electrons. The molecule has 0 aromatic carbocycles. The van der Waals surface area contributed by atoms with Gasteiger partial charge in [0.2, 0.25) is 0 Å². The summed E-state index contributed by atoms with van der Waals surface area (Å²) in [6, 6.07) is 0. The van der Waals surface area contributed by atoms with Gasteiger partial charge in [0.05, 0.1) is 0 Å². The zero-order valence-corrected chi connectivity index (χ0v) is 8.81. The molecule has 0 saturated carbocycles. The van der Waals surface area contributed by atoms with Crippen molar-refractivity contribution in [3.8, 4) is 5.75 Å². The molecule has 16 heavy (non-hydrogen) atoms. The number of rotatable bonds is 2. The van der Waals surface area contributed by atoms with E-state index < -0.39 is 12.1 Å². The summed E-state index contributed by atoms with van der Waals surface area (Å²) < 4.78 is 10.2. The second kappa shape index (κ2) is 3.55. The maximum absolute atomic E-state index is 11.6. The number of carboxylic acids is 1. The van der Waals surface area contributed by atoms with Crippen LogP contribution in [0.5, 0.6) is 5.75 Å². The molecule has 1 unspecified atom stereocenters. The molecule has 1 aromatic heterocycles. The van der Waals surface area contributed by atoms with Crippen LogP contribution >= 0.6 is 0 Å². The Hall–Kier alpha value is -1.98. The molecule has 1 atom stereocenters. The molecule has 1 aliphatic rings. The van der Waals surface area contributed by atoms with Crippen LogP contribution in [0.25, 0.3) is 0 Å². The Morgan fingerprint density at radius 1 is 1.56 bits per heavy atom. The van der Waals surface area contributed by atoms with Crippen LogP contribution in [-0.4, -0.2) is 23.1 Å². The Morgan fingerprint density at radius 2 is 2.25 bits per heavy atom. The van der Waals surface area contributed by atoms with Gasteiger partial charge in [-0.15, -0.1) is 0 Å². The predicted molar refractivity (Wildman–Crippen MR) is 53.6 cm³/mol. The number of hydrogen-bond donors (Lipinski definition) is 2. The number of anilines is 1. The zero-order chi connectivity index (χ0) is 11.9. The van der Waals surface area contributed by atoms with Crippen LogP contribution in [-0.2, 0) is 4.79 Å². The van der Waals surface area contributed by atoms with Crippen LogP contribution < -0.4 is 10.1 Å². The summed E-state index contributed by atoms with van der Waals surface area (Å²) in [4.78, 5) is 22.4. The quantitative estimate of drug-likeness (QED) is 0.792. The van der Waals surface area contributed by atoms with Crippen molar-refractivity contribution in [2.45, 2.75) is 20.0 Å². The van der Waals surface area contributed by atoms with E-state index in [4.69, 9.17) is 14.3 Å². The lowest BCUT2D eigenvalue weighted by Crippen LogP contribution is -2.40. The van der Waals surface area contributed by atoms with Crippen LogP contribution in [0.15, 0.2) is 10.7 Å². The highest BCUT2D eigenvalue weighted by atomic mass is 16.5. The first-order valence-electron chi connectivity index (χ1n) is 4.83. The topological polar surface area (TPSA) is 88.8 Å². The van der Waals surface area contributed by atoms with E-state index in [0.29, 0.717) is 0 Å². The summed E-state index contributed by atoms with van der Waals surface area (Å²) in [5.74, 6) is -1.77. The molecule has 2 rings (SSSR count). The average Bonchev–Trinajstić information content (AvgIpc) is 2.58. The van der Waals surface area contributed by atoms with Crippen molar-refractivity contribution >= 4 is 17.6 Å². The molecule has 6 nitrogen and oxygen atoms in total. The fourth-order valence-electron chi connectivity index (χ4n) is 1.52. The smallest absolute Gasteiger partial charge is 0.375 e. The zero-order valence-electron chi connectivity index (χ0n) is 8.81. The monoisotopic (exact) mass is 225 g/mol. The lowest BCUT2D eigenvalue weighted by Gasteiger charge is -2.25.